The van der Waals surface area contributed by atoms with Crippen LogP contribution in [-0.4, -0.2) is 24.2 Å². The minimum absolute atomic E-state index is 0.00368. The normalized spacial score (nSPS) is 10.1. The van der Waals surface area contributed by atoms with Crippen LogP contribution in [0.15, 0.2) is 15.9 Å². The third kappa shape index (κ3) is 4.21. The predicted molar refractivity (Wildman–Crippen MR) is 60.4 cm³/mol. The highest BCUT2D eigenvalue weighted by Crippen LogP contribution is 2.20. The molecule has 1 rings (SSSR count). The summed E-state index contributed by atoms with van der Waals surface area (Å²) in [7, 11) is 0. The second kappa shape index (κ2) is 6.16. The van der Waals surface area contributed by atoms with E-state index in [0.29, 0.717) is 13.0 Å². The number of aryl methyl sites for hydroxylation is 1. The smallest absolute Gasteiger partial charge is 0.220 e. The molecule has 5 heteroatoms. The quantitative estimate of drug-likeness (QED) is 0.858. The van der Waals surface area contributed by atoms with E-state index in [9.17, 15) is 4.79 Å². The molecule has 1 heterocycles. The number of thiophene rings is 1. The number of aliphatic hydroxyl groups is 1. The maximum atomic E-state index is 11.2. The Morgan fingerprint density at radius 3 is 3.00 bits per heavy atom. The van der Waals surface area contributed by atoms with Crippen molar-refractivity contribution in [3.05, 3.63) is 20.8 Å². The molecule has 0 aromatic carbocycles. The molecule has 0 aliphatic heterocycles. The molecule has 0 saturated heterocycles. The molecule has 0 spiro atoms. The maximum Gasteiger partial charge on any atom is 0.220 e. The lowest BCUT2D eigenvalue weighted by Crippen LogP contribution is -2.26. The lowest BCUT2D eigenvalue weighted by molar-refractivity contribution is -0.121. The molecule has 3 nitrogen and oxygen atoms in total. The number of amides is 1. The number of hydrogen-bond donors (Lipinski definition) is 2. The van der Waals surface area contributed by atoms with E-state index >= 15 is 0 Å². The molecule has 0 bridgehead atoms. The van der Waals surface area contributed by atoms with Gasteiger partial charge in [-0.05, 0) is 28.4 Å². The number of nitrogens with one attached hydrogen (secondary N) is 1. The molecule has 0 unspecified atom stereocenters. The minimum atomic E-state index is -0.0106. The van der Waals surface area contributed by atoms with Crippen molar-refractivity contribution in [1.82, 2.24) is 5.32 Å². The summed E-state index contributed by atoms with van der Waals surface area (Å²) in [5.41, 5.74) is 0. The van der Waals surface area contributed by atoms with E-state index in [1.807, 2.05) is 11.4 Å². The first kappa shape index (κ1) is 11.7. The Kier molecular flexibility index (Phi) is 5.14. The van der Waals surface area contributed by atoms with Crippen LogP contribution in [0.4, 0.5) is 0 Å². The second-order valence-corrected chi connectivity index (χ2v) is 4.72. The van der Waals surface area contributed by atoms with Gasteiger partial charge >= 0.3 is 0 Å². The van der Waals surface area contributed by atoms with Gasteiger partial charge in [0.15, 0.2) is 0 Å². The Hall–Kier alpha value is -0.390. The summed E-state index contributed by atoms with van der Waals surface area (Å²) in [6.07, 6.45) is 1.24. The Morgan fingerprint density at radius 2 is 2.43 bits per heavy atom. The van der Waals surface area contributed by atoms with Crippen molar-refractivity contribution < 1.29 is 9.90 Å². The molecule has 0 saturated carbocycles. The fourth-order valence-electron chi connectivity index (χ4n) is 1.01. The summed E-state index contributed by atoms with van der Waals surface area (Å²) in [4.78, 5) is 12.3. The zero-order valence-corrected chi connectivity index (χ0v) is 10.0. The van der Waals surface area contributed by atoms with Crippen LogP contribution < -0.4 is 5.32 Å². The molecule has 14 heavy (non-hydrogen) atoms. The lowest BCUT2D eigenvalue weighted by atomic mass is 10.2. The molecule has 0 fully saturated rings. The largest absolute Gasteiger partial charge is 0.395 e. The van der Waals surface area contributed by atoms with Gasteiger partial charge in [0.2, 0.25) is 5.91 Å². The standard InChI is InChI=1S/C9H12BrNO2S/c10-7-5-8(14-6-7)1-2-9(13)11-3-4-12/h5-6,12H,1-4H2,(H,11,13). The van der Waals surface area contributed by atoms with Crippen LogP contribution in [0.3, 0.4) is 0 Å². The van der Waals surface area contributed by atoms with E-state index in [1.165, 1.54) is 4.88 Å². The van der Waals surface area contributed by atoms with Crippen molar-refractivity contribution in [3.63, 3.8) is 0 Å². The van der Waals surface area contributed by atoms with Crippen molar-refractivity contribution in [2.45, 2.75) is 12.8 Å². The first-order valence-corrected chi connectivity index (χ1v) is 6.00. The van der Waals surface area contributed by atoms with E-state index in [4.69, 9.17) is 5.11 Å². The minimum Gasteiger partial charge on any atom is -0.395 e. The van der Waals surface area contributed by atoms with Gasteiger partial charge in [-0.25, -0.2) is 0 Å². The molecule has 1 aromatic heterocycles. The molecule has 1 aromatic rings. The average Bonchev–Trinajstić information content (AvgIpc) is 2.58. The first-order valence-electron chi connectivity index (χ1n) is 4.33. The third-order valence-electron chi connectivity index (χ3n) is 1.65. The summed E-state index contributed by atoms with van der Waals surface area (Å²) < 4.78 is 1.06. The molecular formula is C9H12BrNO2S. The van der Waals surface area contributed by atoms with Gasteiger partial charge in [-0.1, -0.05) is 0 Å². The number of rotatable bonds is 5. The topological polar surface area (TPSA) is 49.3 Å². The van der Waals surface area contributed by atoms with Crippen LogP contribution in [-0.2, 0) is 11.2 Å². The molecule has 1 amide bonds. The van der Waals surface area contributed by atoms with Gasteiger partial charge in [-0.15, -0.1) is 11.3 Å². The Balaban J connectivity index is 2.23. The highest BCUT2D eigenvalue weighted by molar-refractivity contribution is 9.10. The van der Waals surface area contributed by atoms with Gasteiger partial charge in [0.1, 0.15) is 0 Å². The maximum absolute atomic E-state index is 11.2. The zero-order chi connectivity index (χ0) is 10.4. The molecular weight excluding hydrogens is 266 g/mol. The van der Waals surface area contributed by atoms with Gasteiger partial charge < -0.3 is 10.4 Å². The van der Waals surface area contributed by atoms with Gasteiger partial charge in [0, 0.05) is 27.7 Å². The zero-order valence-electron chi connectivity index (χ0n) is 7.62. The van der Waals surface area contributed by atoms with E-state index < -0.39 is 0 Å². The molecule has 2 N–H and O–H groups in total. The summed E-state index contributed by atoms with van der Waals surface area (Å²) in [5, 5.41) is 13.1. The number of halogens is 1. The van der Waals surface area contributed by atoms with Crippen molar-refractivity contribution in [2.24, 2.45) is 0 Å². The Bertz CT molecular complexity index is 301. The SMILES string of the molecule is O=C(CCc1cc(Br)cs1)NCCO. The van der Waals surface area contributed by atoms with Crippen LogP contribution in [0.5, 0.6) is 0 Å². The molecule has 0 radical (unpaired) electrons. The highest BCUT2D eigenvalue weighted by atomic mass is 79.9. The van der Waals surface area contributed by atoms with Gasteiger partial charge in [-0.3, -0.25) is 4.79 Å². The summed E-state index contributed by atoms with van der Waals surface area (Å²) in [6.45, 7) is 0.337. The van der Waals surface area contributed by atoms with E-state index in [0.717, 1.165) is 10.9 Å². The fourth-order valence-corrected chi connectivity index (χ4v) is 2.46. The molecule has 0 aliphatic carbocycles. The van der Waals surface area contributed by atoms with Crippen molar-refractivity contribution in [3.8, 4) is 0 Å². The van der Waals surface area contributed by atoms with Crippen LogP contribution in [0.1, 0.15) is 11.3 Å². The average molecular weight is 278 g/mol. The first-order chi connectivity index (χ1) is 6.72. The molecule has 0 atom stereocenters. The van der Waals surface area contributed by atoms with Crippen molar-refractivity contribution in [2.75, 3.05) is 13.2 Å². The Morgan fingerprint density at radius 1 is 1.64 bits per heavy atom. The number of hydrogen-bond acceptors (Lipinski definition) is 3. The van der Waals surface area contributed by atoms with Crippen LogP contribution in [0.2, 0.25) is 0 Å². The van der Waals surface area contributed by atoms with Gasteiger partial charge in [0.05, 0.1) is 6.61 Å². The lowest BCUT2D eigenvalue weighted by Gasteiger charge is -2.01. The highest BCUT2D eigenvalue weighted by Gasteiger charge is 2.02. The van der Waals surface area contributed by atoms with E-state index in [1.54, 1.807) is 11.3 Å². The molecule has 0 aliphatic rings. The summed E-state index contributed by atoms with van der Waals surface area (Å²) in [6, 6.07) is 2.02. The second-order valence-electron chi connectivity index (χ2n) is 2.80. The van der Waals surface area contributed by atoms with Crippen molar-refractivity contribution >= 4 is 33.2 Å². The number of carbonyl (C=O) groups is 1. The van der Waals surface area contributed by atoms with Crippen molar-refractivity contribution in [1.29, 1.82) is 0 Å². The summed E-state index contributed by atoms with van der Waals surface area (Å²) >= 11 is 5.00. The van der Waals surface area contributed by atoms with E-state index in [2.05, 4.69) is 21.2 Å². The van der Waals surface area contributed by atoms with Gasteiger partial charge in [-0.2, -0.15) is 0 Å². The Labute approximate surface area is 95.3 Å². The summed E-state index contributed by atoms with van der Waals surface area (Å²) in [5.74, 6) is -0.0106. The van der Waals surface area contributed by atoms with E-state index in [-0.39, 0.29) is 12.5 Å². The fraction of sp³-hybridized carbons (Fsp3) is 0.444. The third-order valence-corrected chi connectivity index (χ3v) is 3.41. The number of aliphatic hydroxyl groups excluding tert-OH is 1. The van der Waals surface area contributed by atoms with Gasteiger partial charge in [0.25, 0.3) is 0 Å². The van der Waals surface area contributed by atoms with Crippen LogP contribution in [0, 0.1) is 0 Å². The monoisotopic (exact) mass is 277 g/mol. The van der Waals surface area contributed by atoms with Crippen LogP contribution in [0.25, 0.3) is 0 Å². The molecule has 78 valence electrons. The van der Waals surface area contributed by atoms with Crippen LogP contribution >= 0.6 is 27.3 Å². The number of carbonyl (C=O) groups excluding carboxylic acids is 1. The predicted octanol–water partition coefficient (Wildman–Crippen LogP) is 1.55.